The second-order valence-corrected chi connectivity index (χ2v) is 6.25. The maximum atomic E-state index is 12.2. The number of hydrogen-bond donors (Lipinski definition) is 3. The van der Waals surface area contributed by atoms with Crippen LogP contribution < -0.4 is 10.6 Å². The molecule has 0 aliphatic carbocycles. The number of para-hydroxylation sites is 1. The van der Waals surface area contributed by atoms with Gasteiger partial charge in [-0.15, -0.1) is 0 Å². The van der Waals surface area contributed by atoms with Gasteiger partial charge in [-0.1, -0.05) is 38.1 Å². The van der Waals surface area contributed by atoms with Gasteiger partial charge in [0, 0.05) is 17.9 Å². The Labute approximate surface area is 159 Å². The van der Waals surface area contributed by atoms with Gasteiger partial charge < -0.3 is 20.5 Å². The van der Waals surface area contributed by atoms with Crippen LogP contribution in [-0.2, 0) is 9.53 Å². The molecule has 0 aliphatic heterocycles. The van der Waals surface area contributed by atoms with Gasteiger partial charge in [0.2, 0.25) is 0 Å². The van der Waals surface area contributed by atoms with Gasteiger partial charge in [0.15, 0.2) is 6.61 Å². The van der Waals surface area contributed by atoms with Crippen LogP contribution in [0.1, 0.15) is 42.1 Å². The average Bonchev–Trinajstić information content (AvgIpc) is 2.70. The van der Waals surface area contributed by atoms with Crippen molar-refractivity contribution in [1.82, 2.24) is 0 Å². The fraction of sp³-hybridized carbons (Fsp3) is 0.333. The van der Waals surface area contributed by atoms with Crippen molar-refractivity contribution in [2.24, 2.45) is 0 Å². The molecule has 0 saturated carbocycles. The Bertz CT molecular complexity index is 759. The number of anilines is 2. The van der Waals surface area contributed by atoms with Crippen molar-refractivity contribution in [1.29, 1.82) is 0 Å². The van der Waals surface area contributed by atoms with Gasteiger partial charge in [-0.25, -0.2) is 4.79 Å². The smallest absolute Gasteiger partial charge is 0.340 e. The van der Waals surface area contributed by atoms with Crippen LogP contribution in [0, 0.1) is 0 Å². The molecule has 1 unspecified atom stereocenters. The molecule has 0 saturated heterocycles. The zero-order valence-electron chi connectivity index (χ0n) is 15.7. The molecule has 2 aromatic carbocycles. The predicted molar refractivity (Wildman–Crippen MR) is 106 cm³/mol. The van der Waals surface area contributed by atoms with E-state index in [1.807, 2.05) is 24.3 Å². The number of amides is 1. The number of esters is 1. The van der Waals surface area contributed by atoms with E-state index in [0.717, 1.165) is 6.42 Å². The lowest BCUT2D eigenvalue weighted by atomic mass is 9.99. The summed E-state index contributed by atoms with van der Waals surface area (Å²) in [6.45, 7) is 4.17. The molecule has 0 fully saturated rings. The van der Waals surface area contributed by atoms with E-state index >= 15 is 0 Å². The second-order valence-electron chi connectivity index (χ2n) is 6.25. The Morgan fingerprint density at radius 1 is 1.11 bits per heavy atom. The van der Waals surface area contributed by atoms with Crippen molar-refractivity contribution in [2.75, 3.05) is 30.4 Å². The number of aliphatic hydroxyl groups is 1. The molecule has 27 heavy (non-hydrogen) atoms. The topological polar surface area (TPSA) is 87.7 Å². The van der Waals surface area contributed by atoms with Crippen LogP contribution in [0.4, 0.5) is 11.4 Å². The SMILES string of the molecule is CCC(C)c1ccc(NC(=O)COC(=O)c2ccccc2NCCO)cc1. The van der Waals surface area contributed by atoms with Crippen molar-refractivity contribution in [3.8, 4) is 0 Å². The lowest BCUT2D eigenvalue weighted by Crippen LogP contribution is -2.21. The summed E-state index contributed by atoms with van der Waals surface area (Å²) in [5.41, 5.74) is 2.75. The van der Waals surface area contributed by atoms with Crippen molar-refractivity contribution < 1.29 is 19.4 Å². The minimum atomic E-state index is -0.599. The van der Waals surface area contributed by atoms with Gasteiger partial charge in [0.25, 0.3) is 5.91 Å². The summed E-state index contributed by atoms with van der Waals surface area (Å²) in [4.78, 5) is 24.3. The van der Waals surface area contributed by atoms with E-state index in [9.17, 15) is 9.59 Å². The van der Waals surface area contributed by atoms with Crippen LogP contribution in [0.15, 0.2) is 48.5 Å². The minimum absolute atomic E-state index is 0.0540. The lowest BCUT2D eigenvalue weighted by molar-refractivity contribution is -0.119. The number of benzene rings is 2. The molecule has 6 heteroatoms. The molecule has 0 heterocycles. The number of aliphatic hydroxyl groups excluding tert-OH is 1. The number of nitrogens with one attached hydrogen (secondary N) is 2. The normalized spacial score (nSPS) is 11.5. The maximum Gasteiger partial charge on any atom is 0.340 e. The van der Waals surface area contributed by atoms with Crippen LogP contribution in [-0.4, -0.2) is 36.7 Å². The molecule has 6 nitrogen and oxygen atoms in total. The van der Waals surface area contributed by atoms with E-state index in [4.69, 9.17) is 9.84 Å². The summed E-state index contributed by atoms with van der Waals surface area (Å²) in [5.74, 6) is -0.533. The molecule has 1 amide bonds. The van der Waals surface area contributed by atoms with E-state index in [-0.39, 0.29) is 13.2 Å². The molecule has 0 aromatic heterocycles. The van der Waals surface area contributed by atoms with E-state index in [0.29, 0.717) is 29.4 Å². The first-order chi connectivity index (χ1) is 13.0. The number of hydrogen-bond acceptors (Lipinski definition) is 5. The Kier molecular flexibility index (Phi) is 7.82. The molecule has 2 rings (SSSR count). The third kappa shape index (κ3) is 6.11. The summed E-state index contributed by atoms with van der Waals surface area (Å²) in [6.07, 6.45) is 1.05. The summed E-state index contributed by atoms with van der Waals surface area (Å²) in [5, 5.41) is 14.6. The summed E-state index contributed by atoms with van der Waals surface area (Å²) < 4.78 is 5.11. The first-order valence-electron chi connectivity index (χ1n) is 9.05. The zero-order valence-corrected chi connectivity index (χ0v) is 15.7. The Morgan fingerprint density at radius 2 is 1.81 bits per heavy atom. The first kappa shape index (κ1) is 20.5. The highest BCUT2D eigenvalue weighted by atomic mass is 16.5. The largest absolute Gasteiger partial charge is 0.452 e. The molecular formula is C21H26N2O4. The second kappa shape index (κ2) is 10.3. The van der Waals surface area contributed by atoms with E-state index in [1.54, 1.807) is 24.3 Å². The number of rotatable bonds is 9. The molecule has 3 N–H and O–H groups in total. The molecular weight excluding hydrogens is 344 g/mol. The molecule has 0 radical (unpaired) electrons. The van der Waals surface area contributed by atoms with Crippen LogP contribution in [0.2, 0.25) is 0 Å². The number of carbonyl (C=O) groups is 2. The molecule has 0 spiro atoms. The predicted octanol–water partition coefficient (Wildman–Crippen LogP) is 3.40. The summed E-state index contributed by atoms with van der Waals surface area (Å²) in [6, 6.07) is 14.5. The third-order valence-corrected chi connectivity index (χ3v) is 4.28. The monoisotopic (exact) mass is 370 g/mol. The standard InChI is InChI=1S/C21H26N2O4/c1-3-15(2)16-8-10-17(11-9-16)23-20(25)14-27-21(26)18-6-4-5-7-19(18)22-12-13-24/h4-11,15,22,24H,3,12-14H2,1-2H3,(H,23,25). The van der Waals surface area contributed by atoms with Gasteiger partial charge in [0.05, 0.1) is 12.2 Å². The number of carbonyl (C=O) groups excluding carboxylic acids is 2. The van der Waals surface area contributed by atoms with Gasteiger partial charge in [-0.3, -0.25) is 4.79 Å². The molecule has 0 aliphatic rings. The Morgan fingerprint density at radius 3 is 2.48 bits per heavy atom. The van der Waals surface area contributed by atoms with Crippen LogP contribution in [0.5, 0.6) is 0 Å². The van der Waals surface area contributed by atoms with Crippen molar-refractivity contribution >= 4 is 23.3 Å². The fourth-order valence-corrected chi connectivity index (χ4v) is 2.54. The van der Waals surface area contributed by atoms with Crippen molar-refractivity contribution in [3.63, 3.8) is 0 Å². The highest BCUT2D eigenvalue weighted by molar-refractivity contribution is 5.98. The zero-order chi connectivity index (χ0) is 19.6. The molecule has 1 atom stereocenters. The molecule has 0 bridgehead atoms. The van der Waals surface area contributed by atoms with Gasteiger partial charge in [0.1, 0.15) is 0 Å². The van der Waals surface area contributed by atoms with Gasteiger partial charge in [-0.05, 0) is 42.2 Å². The third-order valence-electron chi connectivity index (χ3n) is 4.28. The Balaban J connectivity index is 1.89. The van der Waals surface area contributed by atoms with Crippen molar-refractivity contribution in [2.45, 2.75) is 26.2 Å². The highest BCUT2D eigenvalue weighted by Crippen LogP contribution is 2.20. The fourth-order valence-electron chi connectivity index (χ4n) is 2.54. The summed E-state index contributed by atoms with van der Waals surface area (Å²) in [7, 11) is 0. The average molecular weight is 370 g/mol. The van der Waals surface area contributed by atoms with E-state index in [2.05, 4.69) is 24.5 Å². The van der Waals surface area contributed by atoms with Gasteiger partial charge >= 0.3 is 5.97 Å². The quantitative estimate of drug-likeness (QED) is 0.589. The maximum absolute atomic E-state index is 12.2. The van der Waals surface area contributed by atoms with Crippen LogP contribution in [0.3, 0.4) is 0 Å². The first-order valence-corrected chi connectivity index (χ1v) is 9.05. The Hall–Kier alpha value is -2.86. The van der Waals surface area contributed by atoms with Gasteiger partial charge in [-0.2, -0.15) is 0 Å². The lowest BCUT2D eigenvalue weighted by Gasteiger charge is -2.12. The number of ether oxygens (including phenoxy) is 1. The molecule has 2 aromatic rings. The van der Waals surface area contributed by atoms with E-state index < -0.39 is 11.9 Å². The summed E-state index contributed by atoms with van der Waals surface area (Å²) >= 11 is 0. The van der Waals surface area contributed by atoms with Crippen molar-refractivity contribution in [3.05, 3.63) is 59.7 Å². The molecule has 144 valence electrons. The van der Waals surface area contributed by atoms with E-state index in [1.165, 1.54) is 5.56 Å². The van der Waals surface area contributed by atoms with Crippen LogP contribution >= 0.6 is 0 Å². The minimum Gasteiger partial charge on any atom is -0.452 e. The highest BCUT2D eigenvalue weighted by Gasteiger charge is 2.14. The van der Waals surface area contributed by atoms with Crippen LogP contribution in [0.25, 0.3) is 0 Å².